The summed E-state index contributed by atoms with van der Waals surface area (Å²) in [5.41, 5.74) is 1.84. The van der Waals surface area contributed by atoms with Gasteiger partial charge in [-0.2, -0.15) is 4.68 Å². The molecule has 0 saturated carbocycles. The Kier molecular flexibility index (Phi) is 8.33. The third-order valence-corrected chi connectivity index (χ3v) is 5.89. The third-order valence-electron chi connectivity index (χ3n) is 4.90. The Balaban J connectivity index is 1.52. The number of nitrogens with zero attached hydrogens (tertiary/aromatic N) is 5. The first-order valence-electron chi connectivity index (χ1n) is 10.9. The van der Waals surface area contributed by atoms with E-state index in [1.54, 1.807) is 61.5 Å². The van der Waals surface area contributed by atoms with E-state index in [2.05, 4.69) is 31.1 Å². The zero-order valence-corrected chi connectivity index (χ0v) is 20.9. The van der Waals surface area contributed by atoms with E-state index in [-0.39, 0.29) is 17.4 Å². The number of hydrogen-bond donors (Lipinski definition) is 2. The number of anilines is 1. The molecule has 1 unspecified atom stereocenters. The lowest BCUT2D eigenvalue weighted by Crippen LogP contribution is -2.36. The fourth-order valence-corrected chi connectivity index (χ4v) is 4.11. The number of amides is 2. The normalized spacial score (nSPS) is 11.7. The van der Waals surface area contributed by atoms with Gasteiger partial charge in [-0.05, 0) is 47.2 Å². The zero-order chi connectivity index (χ0) is 26.2. The molecule has 0 saturated heterocycles. The molecule has 13 heteroatoms. The fourth-order valence-electron chi connectivity index (χ4n) is 3.25. The molecule has 0 spiro atoms. The molecule has 1 atom stereocenters. The molecule has 2 N–H and O–H groups in total. The van der Waals surface area contributed by atoms with E-state index < -0.39 is 23.8 Å². The van der Waals surface area contributed by atoms with Crippen molar-refractivity contribution in [1.82, 2.24) is 30.5 Å². The summed E-state index contributed by atoms with van der Waals surface area (Å²) in [5, 5.41) is 18.6. The zero-order valence-electron chi connectivity index (χ0n) is 19.4. The Labute approximate surface area is 220 Å². The maximum absolute atomic E-state index is 13.1. The van der Waals surface area contributed by atoms with Crippen molar-refractivity contribution in [2.24, 2.45) is 0 Å². The van der Waals surface area contributed by atoms with Crippen LogP contribution in [0.25, 0.3) is 11.8 Å². The summed E-state index contributed by atoms with van der Waals surface area (Å²) >= 11 is 7.20. The average Bonchev–Trinajstić information content (AvgIpc) is 3.59. The largest absolute Gasteiger partial charge is 0.461 e. The van der Waals surface area contributed by atoms with Gasteiger partial charge in [0, 0.05) is 22.0 Å². The summed E-state index contributed by atoms with van der Waals surface area (Å²) in [4.78, 5) is 42.0. The topological polar surface area (TPSA) is 141 Å². The van der Waals surface area contributed by atoms with E-state index in [9.17, 15) is 14.4 Å². The van der Waals surface area contributed by atoms with E-state index >= 15 is 0 Å². The van der Waals surface area contributed by atoms with Crippen LogP contribution in [0.15, 0.2) is 66.3 Å². The lowest BCUT2D eigenvalue weighted by atomic mass is 10.1. The molecular weight excluding hydrogens is 518 g/mol. The molecule has 0 aliphatic carbocycles. The van der Waals surface area contributed by atoms with Crippen LogP contribution in [0.4, 0.5) is 5.13 Å². The molecule has 4 rings (SSSR count). The number of tetrazole rings is 1. The molecule has 0 radical (unpaired) electrons. The van der Waals surface area contributed by atoms with E-state index in [1.807, 2.05) is 0 Å². The highest BCUT2D eigenvalue weighted by atomic mass is 35.5. The minimum Gasteiger partial charge on any atom is -0.461 e. The molecule has 0 fully saturated rings. The van der Waals surface area contributed by atoms with E-state index in [0.717, 1.165) is 11.3 Å². The Morgan fingerprint density at radius 3 is 2.73 bits per heavy atom. The molecule has 4 aromatic rings. The summed E-state index contributed by atoms with van der Waals surface area (Å²) < 4.78 is 6.36. The van der Waals surface area contributed by atoms with Gasteiger partial charge in [-0.15, -0.1) is 16.4 Å². The maximum Gasteiger partial charge on any atom is 0.357 e. The van der Waals surface area contributed by atoms with Crippen LogP contribution in [0.3, 0.4) is 0 Å². The number of carbonyl (C=O) groups is 3. The summed E-state index contributed by atoms with van der Waals surface area (Å²) in [6, 6.07) is 12.8. The predicted octanol–water partition coefficient (Wildman–Crippen LogP) is 3.46. The monoisotopic (exact) mass is 537 g/mol. The van der Waals surface area contributed by atoms with Crippen molar-refractivity contribution in [3.8, 4) is 5.69 Å². The molecule has 0 aliphatic rings. The number of nitrogens with one attached hydrogen (secondary N) is 2. The Morgan fingerprint density at radius 2 is 2.00 bits per heavy atom. The molecular formula is C24H20ClN7O4S. The minimum atomic E-state index is -1.04. The van der Waals surface area contributed by atoms with E-state index in [4.69, 9.17) is 16.3 Å². The Morgan fingerprint density at radius 1 is 1.19 bits per heavy atom. The lowest BCUT2D eigenvalue weighted by molar-refractivity contribution is -0.123. The molecule has 11 nitrogen and oxygen atoms in total. The molecule has 37 heavy (non-hydrogen) atoms. The van der Waals surface area contributed by atoms with Crippen LogP contribution in [0, 0.1) is 0 Å². The fraction of sp³-hybridized carbons (Fsp3) is 0.125. The second-order valence-corrected chi connectivity index (χ2v) is 8.69. The van der Waals surface area contributed by atoms with Gasteiger partial charge in [0.15, 0.2) is 10.8 Å². The van der Waals surface area contributed by atoms with Gasteiger partial charge in [0.25, 0.3) is 5.91 Å². The quantitative estimate of drug-likeness (QED) is 0.244. The SMILES string of the molecule is CCOC(=O)c1csc(NC(=O)C(NC(=O)/C=C/c2cc(Cl)ccc2-n2cnnn2)c2ccccc2)n1. The van der Waals surface area contributed by atoms with Gasteiger partial charge in [0.1, 0.15) is 12.4 Å². The number of halogens is 1. The number of benzene rings is 2. The molecule has 0 aliphatic heterocycles. The Bertz CT molecular complexity index is 1420. The number of ether oxygens (including phenoxy) is 1. The highest BCUT2D eigenvalue weighted by Crippen LogP contribution is 2.22. The second kappa shape index (κ2) is 12.0. The van der Waals surface area contributed by atoms with Crippen LogP contribution in [0.5, 0.6) is 0 Å². The number of rotatable bonds is 9. The van der Waals surface area contributed by atoms with Gasteiger partial charge in [-0.1, -0.05) is 41.9 Å². The number of thiazole rings is 1. The van der Waals surface area contributed by atoms with Crippen molar-refractivity contribution in [3.63, 3.8) is 0 Å². The lowest BCUT2D eigenvalue weighted by Gasteiger charge is -2.17. The van der Waals surface area contributed by atoms with Gasteiger partial charge in [0.2, 0.25) is 5.91 Å². The van der Waals surface area contributed by atoms with Gasteiger partial charge >= 0.3 is 5.97 Å². The van der Waals surface area contributed by atoms with E-state index in [0.29, 0.717) is 21.8 Å². The van der Waals surface area contributed by atoms with Crippen LogP contribution >= 0.6 is 22.9 Å². The van der Waals surface area contributed by atoms with Crippen LogP contribution in [-0.2, 0) is 14.3 Å². The average molecular weight is 538 g/mol. The second-order valence-electron chi connectivity index (χ2n) is 7.39. The van der Waals surface area contributed by atoms with Crippen molar-refractivity contribution >= 4 is 51.9 Å². The summed E-state index contributed by atoms with van der Waals surface area (Å²) in [6.07, 6.45) is 4.25. The number of carbonyl (C=O) groups excluding carboxylic acids is 3. The van der Waals surface area contributed by atoms with Crippen LogP contribution < -0.4 is 10.6 Å². The molecule has 2 aromatic carbocycles. The number of aromatic nitrogens is 5. The van der Waals surface area contributed by atoms with Crippen molar-refractivity contribution in [2.75, 3.05) is 11.9 Å². The molecule has 2 amide bonds. The van der Waals surface area contributed by atoms with Crippen molar-refractivity contribution < 1.29 is 19.1 Å². The number of esters is 1. The molecule has 2 aromatic heterocycles. The smallest absolute Gasteiger partial charge is 0.357 e. The summed E-state index contributed by atoms with van der Waals surface area (Å²) in [7, 11) is 0. The predicted molar refractivity (Wildman–Crippen MR) is 137 cm³/mol. The Hall–Kier alpha value is -4.42. The van der Waals surface area contributed by atoms with Crippen LogP contribution in [0.2, 0.25) is 5.02 Å². The van der Waals surface area contributed by atoms with Gasteiger partial charge in [0.05, 0.1) is 12.3 Å². The standard InChI is InChI=1S/C24H20ClN7O4S/c1-2-36-23(35)18-13-37-24(27-18)29-22(34)21(15-6-4-3-5-7-15)28-20(33)11-8-16-12-17(25)9-10-19(16)32-14-26-30-31-32/h3-14,21H,2H2,1H3,(H,28,33)(H,27,29,34)/b11-8+. The maximum atomic E-state index is 13.1. The van der Waals surface area contributed by atoms with Gasteiger partial charge < -0.3 is 10.1 Å². The van der Waals surface area contributed by atoms with Crippen molar-refractivity contribution in [1.29, 1.82) is 0 Å². The highest BCUT2D eigenvalue weighted by Gasteiger charge is 2.23. The highest BCUT2D eigenvalue weighted by molar-refractivity contribution is 7.14. The first kappa shape index (κ1) is 25.7. The third kappa shape index (κ3) is 6.63. The van der Waals surface area contributed by atoms with Gasteiger partial charge in [-0.25, -0.2) is 9.78 Å². The van der Waals surface area contributed by atoms with Crippen molar-refractivity contribution in [3.05, 3.63) is 88.2 Å². The molecule has 2 heterocycles. The molecule has 0 bridgehead atoms. The van der Waals surface area contributed by atoms with Crippen molar-refractivity contribution in [2.45, 2.75) is 13.0 Å². The van der Waals surface area contributed by atoms with E-state index in [1.165, 1.54) is 22.5 Å². The summed E-state index contributed by atoms with van der Waals surface area (Å²) in [5.74, 6) is -1.65. The first-order valence-corrected chi connectivity index (χ1v) is 12.2. The summed E-state index contributed by atoms with van der Waals surface area (Å²) in [6.45, 7) is 1.90. The van der Waals surface area contributed by atoms with Crippen LogP contribution in [0.1, 0.15) is 34.6 Å². The van der Waals surface area contributed by atoms with Crippen LogP contribution in [-0.4, -0.2) is 49.6 Å². The first-order chi connectivity index (χ1) is 17.9. The minimum absolute atomic E-state index is 0.0882. The van der Waals surface area contributed by atoms with Gasteiger partial charge in [-0.3, -0.25) is 14.9 Å². The number of hydrogen-bond acceptors (Lipinski definition) is 9. The molecule has 188 valence electrons.